The fourth-order valence-electron chi connectivity index (χ4n) is 3.03. The Hall–Kier alpha value is -3.40. The first-order chi connectivity index (χ1) is 13.9. The lowest BCUT2D eigenvalue weighted by Gasteiger charge is -2.35. The van der Waals surface area contributed by atoms with Crippen molar-refractivity contribution in [3.8, 4) is 5.75 Å². The maximum Gasteiger partial charge on any atom is 0.292 e. The average molecular weight is 421 g/mol. The molecule has 152 valence electrons. The van der Waals surface area contributed by atoms with E-state index in [1.165, 1.54) is 18.2 Å². The van der Waals surface area contributed by atoms with E-state index in [0.29, 0.717) is 31.9 Å². The third-order valence-corrected chi connectivity index (χ3v) is 4.82. The van der Waals surface area contributed by atoms with Crippen LogP contribution in [0.2, 0.25) is 5.02 Å². The van der Waals surface area contributed by atoms with Gasteiger partial charge in [-0.1, -0.05) is 23.7 Å². The summed E-state index contributed by atoms with van der Waals surface area (Å²) in [6.07, 6.45) is 0. The molecular formula is C18H17ClN4O6. The smallest absolute Gasteiger partial charge is 0.292 e. The Kier molecular flexibility index (Phi) is 6.13. The van der Waals surface area contributed by atoms with Crippen LogP contribution in [0.1, 0.15) is 0 Å². The summed E-state index contributed by atoms with van der Waals surface area (Å²) in [5.41, 5.74) is 0.390. The van der Waals surface area contributed by atoms with Gasteiger partial charge in [-0.25, -0.2) is 0 Å². The number of rotatable bonds is 6. The van der Waals surface area contributed by atoms with E-state index in [4.69, 9.17) is 16.3 Å². The maximum atomic E-state index is 12.4. The number of amides is 1. The number of halogens is 1. The maximum absolute atomic E-state index is 12.4. The lowest BCUT2D eigenvalue weighted by atomic mass is 10.2. The summed E-state index contributed by atoms with van der Waals surface area (Å²) in [6, 6.07) is 10.2. The van der Waals surface area contributed by atoms with E-state index < -0.39 is 9.85 Å². The molecule has 2 aromatic carbocycles. The van der Waals surface area contributed by atoms with Crippen molar-refractivity contribution in [2.24, 2.45) is 0 Å². The van der Waals surface area contributed by atoms with Gasteiger partial charge >= 0.3 is 0 Å². The number of benzene rings is 2. The van der Waals surface area contributed by atoms with E-state index in [1.807, 2.05) is 4.90 Å². The quantitative estimate of drug-likeness (QED) is 0.520. The Morgan fingerprint density at radius 1 is 1.03 bits per heavy atom. The molecule has 0 unspecified atom stereocenters. The highest BCUT2D eigenvalue weighted by Crippen LogP contribution is 2.29. The standard InChI is InChI=1S/C18H17ClN4O6/c19-14-11-13(22(25)26)5-6-17(14)29-12-18(24)21-9-7-20(8-10-21)15-3-1-2-4-16(15)23(27)28/h1-6,11H,7-10,12H2. The van der Waals surface area contributed by atoms with Crippen molar-refractivity contribution >= 4 is 34.6 Å². The molecule has 1 fully saturated rings. The molecule has 29 heavy (non-hydrogen) atoms. The van der Waals surface area contributed by atoms with E-state index in [9.17, 15) is 25.0 Å². The molecule has 3 rings (SSSR count). The van der Waals surface area contributed by atoms with Gasteiger partial charge in [0.1, 0.15) is 11.4 Å². The second kappa shape index (κ2) is 8.74. The number of nitrogens with zero attached hydrogens (tertiary/aromatic N) is 4. The van der Waals surface area contributed by atoms with Crippen LogP contribution in [0.25, 0.3) is 0 Å². The van der Waals surface area contributed by atoms with E-state index in [0.717, 1.165) is 6.07 Å². The van der Waals surface area contributed by atoms with Gasteiger partial charge < -0.3 is 14.5 Å². The van der Waals surface area contributed by atoms with Gasteiger partial charge in [0.05, 0.1) is 14.9 Å². The number of hydrogen-bond donors (Lipinski definition) is 0. The zero-order chi connectivity index (χ0) is 21.0. The Morgan fingerprint density at radius 3 is 2.34 bits per heavy atom. The highest BCUT2D eigenvalue weighted by atomic mass is 35.5. The minimum absolute atomic E-state index is 0.0309. The van der Waals surface area contributed by atoms with Crippen molar-refractivity contribution in [3.63, 3.8) is 0 Å². The summed E-state index contributed by atoms with van der Waals surface area (Å²) < 4.78 is 5.40. The summed E-state index contributed by atoms with van der Waals surface area (Å²) in [5, 5.41) is 22.0. The highest BCUT2D eigenvalue weighted by Gasteiger charge is 2.25. The van der Waals surface area contributed by atoms with Crippen molar-refractivity contribution in [3.05, 3.63) is 67.7 Å². The van der Waals surface area contributed by atoms with Crippen LogP contribution < -0.4 is 9.64 Å². The van der Waals surface area contributed by atoms with Crippen LogP contribution >= 0.6 is 11.6 Å². The number of hydrogen-bond acceptors (Lipinski definition) is 7. The molecule has 10 nitrogen and oxygen atoms in total. The van der Waals surface area contributed by atoms with Crippen LogP contribution in [-0.4, -0.2) is 53.4 Å². The molecule has 11 heteroatoms. The van der Waals surface area contributed by atoms with Gasteiger partial charge in [-0.2, -0.15) is 0 Å². The van der Waals surface area contributed by atoms with Crippen molar-refractivity contribution in [2.45, 2.75) is 0 Å². The Balaban J connectivity index is 1.56. The summed E-state index contributed by atoms with van der Waals surface area (Å²) in [4.78, 5) is 36.8. The monoisotopic (exact) mass is 420 g/mol. The van der Waals surface area contributed by atoms with Crippen LogP contribution in [-0.2, 0) is 4.79 Å². The first-order valence-corrected chi connectivity index (χ1v) is 9.07. The molecule has 0 spiro atoms. The first-order valence-electron chi connectivity index (χ1n) is 8.69. The normalized spacial score (nSPS) is 13.8. The van der Waals surface area contributed by atoms with Gasteiger partial charge in [-0.15, -0.1) is 0 Å². The minimum atomic E-state index is -0.572. The fraction of sp³-hybridized carbons (Fsp3) is 0.278. The second-order valence-electron chi connectivity index (χ2n) is 6.27. The minimum Gasteiger partial charge on any atom is -0.482 e. The number of piperazine rings is 1. The molecule has 1 heterocycles. The predicted octanol–water partition coefficient (Wildman–Crippen LogP) is 2.88. The number of para-hydroxylation sites is 2. The molecule has 0 N–H and O–H groups in total. The van der Waals surface area contributed by atoms with Gasteiger partial charge in [-0.05, 0) is 12.1 Å². The van der Waals surface area contributed by atoms with Crippen molar-refractivity contribution in [1.82, 2.24) is 4.90 Å². The average Bonchev–Trinajstić information content (AvgIpc) is 2.72. The second-order valence-corrected chi connectivity index (χ2v) is 6.68. The highest BCUT2D eigenvalue weighted by molar-refractivity contribution is 6.32. The summed E-state index contributed by atoms with van der Waals surface area (Å²) in [7, 11) is 0. The molecule has 1 aliphatic rings. The SMILES string of the molecule is O=C(COc1ccc([N+](=O)[O-])cc1Cl)N1CCN(c2ccccc2[N+](=O)[O-])CC1. The van der Waals surface area contributed by atoms with Gasteiger partial charge in [0, 0.05) is 44.4 Å². The molecule has 0 bridgehead atoms. The largest absolute Gasteiger partial charge is 0.482 e. The van der Waals surface area contributed by atoms with Crippen molar-refractivity contribution in [1.29, 1.82) is 0 Å². The zero-order valence-corrected chi connectivity index (χ0v) is 15.9. The van der Waals surface area contributed by atoms with E-state index in [-0.39, 0.29) is 34.7 Å². The lowest BCUT2D eigenvalue weighted by Crippen LogP contribution is -2.50. The van der Waals surface area contributed by atoms with Gasteiger partial charge in [0.15, 0.2) is 6.61 Å². The van der Waals surface area contributed by atoms with Gasteiger partial charge in [0.25, 0.3) is 17.3 Å². The van der Waals surface area contributed by atoms with Gasteiger partial charge in [0.2, 0.25) is 0 Å². The fourth-order valence-corrected chi connectivity index (χ4v) is 3.26. The molecule has 0 radical (unpaired) electrons. The van der Waals surface area contributed by atoms with Crippen LogP contribution in [0.4, 0.5) is 17.1 Å². The third-order valence-electron chi connectivity index (χ3n) is 4.53. The molecule has 2 aromatic rings. The number of carbonyl (C=O) groups is 1. The Morgan fingerprint density at radius 2 is 1.72 bits per heavy atom. The number of nitro groups is 2. The predicted molar refractivity (Wildman–Crippen MR) is 105 cm³/mol. The molecule has 0 atom stereocenters. The lowest BCUT2D eigenvalue weighted by molar-refractivity contribution is -0.384. The molecule has 0 aliphatic carbocycles. The van der Waals surface area contributed by atoms with Crippen molar-refractivity contribution in [2.75, 3.05) is 37.7 Å². The van der Waals surface area contributed by atoms with Crippen LogP contribution in [0.5, 0.6) is 5.75 Å². The molecule has 0 saturated carbocycles. The number of ether oxygens (including phenoxy) is 1. The first kappa shape index (κ1) is 20.3. The number of nitro benzene ring substituents is 2. The van der Waals surface area contributed by atoms with Gasteiger partial charge in [-0.3, -0.25) is 25.0 Å². The van der Waals surface area contributed by atoms with E-state index in [1.54, 1.807) is 23.1 Å². The number of anilines is 1. The van der Waals surface area contributed by atoms with E-state index >= 15 is 0 Å². The Bertz CT molecular complexity index is 946. The van der Waals surface area contributed by atoms with Crippen LogP contribution in [0.15, 0.2) is 42.5 Å². The topological polar surface area (TPSA) is 119 Å². The zero-order valence-electron chi connectivity index (χ0n) is 15.2. The third kappa shape index (κ3) is 4.72. The van der Waals surface area contributed by atoms with Crippen LogP contribution in [0.3, 0.4) is 0 Å². The summed E-state index contributed by atoms with van der Waals surface area (Å²) >= 11 is 5.95. The molecule has 0 aromatic heterocycles. The molecule has 1 aliphatic heterocycles. The van der Waals surface area contributed by atoms with E-state index in [2.05, 4.69) is 0 Å². The Labute approximate surface area is 170 Å². The molecular weight excluding hydrogens is 404 g/mol. The summed E-state index contributed by atoms with van der Waals surface area (Å²) in [5.74, 6) is -0.0780. The van der Waals surface area contributed by atoms with Crippen molar-refractivity contribution < 1.29 is 19.4 Å². The number of non-ortho nitro benzene ring substituents is 1. The molecule has 1 amide bonds. The number of carbonyl (C=O) groups excluding carboxylic acids is 1. The van der Waals surface area contributed by atoms with Crippen LogP contribution in [0, 0.1) is 20.2 Å². The molecule has 1 saturated heterocycles. The summed E-state index contributed by atoms with van der Waals surface area (Å²) in [6.45, 7) is 1.43.